The number of amides is 1. The minimum absolute atomic E-state index is 0.113. The summed E-state index contributed by atoms with van der Waals surface area (Å²) in [6.07, 6.45) is 4.71. The van der Waals surface area contributed by atoms with Crippen LogP contribution in [0.1, 0.15) is 43.5 Å². The van der Waals surface area contributed by atoms with Crippen LogP contribution in [-0.4, -0.2) is 63.3 Å². The van der Waals surface area contributed by atoms with E-state index in [1.54, 1.807) is 6.07 Å². The Hall–Kier alpha value is -2.42. The molecule has 8 nitrogen and oxygen atoms in total. The monoisotopic (exact) mass is 515 g/mol. The summed E-state index contributed by atoms with van der Waals surface area (Å²) < 4.78 is 1.91. The van der Waals surface area contributed by atoms with Crippen molar-refractivity contribution in [1.82, 2.24) is 24.6 Å². The molecule has 186 valence electrons. The van der Waals surface area contributed by atoms with E-state index in [4.69, 9.17) is 44.0 Å². The van der Waals surface area contributed by atoms with E-state index < -0.39 is 0 Å². The average Bonchev–Trinajstić information content (AvgIpc) is 3.12. The molecular formula is C25H31Cl2N7O. The number of hydrogen-bond acceptors (Lipinski definition) is 6. The van der Waals surface area contributed by atoms with Crippen molar-refractivity contribution >= 4 is 46.1 Å². The zero-order valence-corrected chi connectivity index (χ0v) is 21.6. The molecular weight excluding hydrogens is 485 g/mol. The Labute approximate surface area is 215 Å². The molecule has 2 fully saturated rings. The quantitative estimate of drug-likeness (QED) is 0.509. The van der Waals surface area contributed by atoms with Crippen LogP contribution in [0.4, 0.5) is 5.82 Å². The third-order valence-electron chi connectivity index (χ3n) is 7.46. The van der Waals surface area contributed by atoms with E-state index in [1.165, 1.54) is 12.8 Å². The van der Waals surface area contributed by atoms with Crippen molar-refractivity contribution < 1.29 is 4.79 Å². The molecule has 1 aromatic carbocycles. The van der Waals surface area contributed by atoms with Gasteiger partial charge in [0.2, 0.25) is 5.91 Å². The Kier molecular flexibility index (Phi) is 6.88. The molecule has 1 amide bonds. The van der Waals surface area contributed by atoms with E-state index in [0.29, 0.717) is 28.3 Å². The first kappa shape index (κ1) is 24.3. The number of aryl methyl sites for hydroxylation is 1. The number of primary amides is 1. The SMILES string of the molecule is Cc1nn([C@H](C)c2ccc(Cl)cc2Cl)c2nc(N3CC([C@@H]4CCCN(CCC(N)=O)C4)C3)cnc12. The van der Waals surface area contributed by atoms with Crippen LogP contribution in [-0.2, 0) is 4.79 Å². The first-order valence-electron chi connectivity index (χ1n) is 12.2. The number of carbonyl (C=O) groups excluding carboxylic acids is 1. The Morgan fingerprint density at radius 3 is 2.77 bits per heavy atom. The fourth-order valence-electron chi connectivity index (χ4n) is 5.38. The maximum atomic E-state index is 11.2. The van der Waals surface area contributed by atoms with E-state index in [-0.39, 0.29) is 11.9 Å². The molecule has 2 aromatic heterocycles. The summed E-state index contributed by atoms with van der Waals surface area (Å²) >= 11 is 12.6. The van der Waals surface area contributed by atoms with Crippen LogP contribution in [0.3, 0.4) is 0 Å². The molecule has 2 aliphatic heterocycles. The number of fused-ring (bicyclic) bond motifs is 1. The van der Waals surface area contributed by atoms with Gasteiger partial charge in [-0.2, -0.15) is 5.10 Å². The lowest BCUT2D eigenvalue weighted by atomic mass is 9.80. The van der Waals surface area contributed by atoms with Gasteiger partial charge in [-0.3, -0.25) is 4.79 Å². The Morgan fingerprint density at radius 2 is 2.03 bits per heavy atom. The number of piperidine rings is 1. The minimum Gasteiger partial charge on any atom is -0.370 e. The molecule has 0 unspecified atom stereocenters. The second kappa shape index (κ2) is 9.91. The van der Waals surface area contributed by atoms with Gasteiger partial charge in [0.05, 0.1) is 17.9 Å². The van der Waals surface area contributed by atoms with Crippen LogP contribution in [0.25, 0.3) is 11.2 Å². The van der Waals surface area contributed by atoms with Gasteiger partial charge in [0, 0.05) is 42.6 Å². The minimum atomic E-state index is -0.224. The first-order chi connectivity index (χ1) is 16.8. The number of anilines is 1. The molecule has 0 spiro atoms. The lowest BCUT2D eigenvalue weighted by Gasteiger charge is -2.47. The van der Waals surface area contributed by atoms with Gasteiger partial charge in [-0.25, -0.2) is 14.6 Å². The molecule has 0 aliphatic carbocycles. The molecule has 0 saturated carbocycles. The van der Waals surface area contributed by atoms with Crippen molar-refractivity contribution in [2.75, 3.05) is 37.6 Å². The molecule has 2 atom stereocenters. The maximum absolute atomic E-state index is 11.2. The molecule has 4 heterocycles. The molecule has 10 heteroatoms. The summed E-state index contributed by atoms with van der Waals surface area (Å²) in [5, 5.41) is 5.96. The number of aromatic nitrogens is 4. The smallest absolute Gasteiger partial charge is 0.218 e. The summed E-state index contributed by atoms with van der Waals surface area (Å²) in [5.41, 5.74) is 8.69. The van der Waals surface area contributed by atoms with Gasteiger partial charge in [0.1, 0.15) is 11.3 Å². The summed E-state index contributed by atoms with van der Waals surface area (Å²) in [6, 6.07) is 5.42. The number of rotatable bonds is 7. The third kappa shape index (κ3) is 4.97. The lowest BCUT2D eigenvalue weighted by Crippen LogP contribution is -2.54. The van der Waals surface area contributed by atoms with Gasteiger partial charge in [-0.15, -0.1) is 0 Å². The summed E-state index contributed by atoms with van der Waals surface area (Å²) in [5.74, 6) is 1.93. The number of carbonyl (C=O) groups is 1. The molecule has 35 heavy (non-hydrogen) atoms. The van der Waals surface area contributed by atoms with Crippen LogP contribution in [0, 0.1) is 18.8 Å². The third-order valence-corrected chi connectivity index (χ3v) is 8.02. The Balaban J connectivity index is 1.30. The van der Waals surface area contributed by atoms with Crippen molar-refractivity contribution in [3.05, 3.63) is 45.7 Å². The van der Waals surface area contributed by atoms with Crippen molar-refractivity contribution in [3.8, 4) is 0 Å². The molecule has 0 radical (unpaired) electrons. The van der Waals surface area contributed by atoms with Crippen molar-refractivity contribution in [2.24, 2.45) is 17.6 Å². The number of halogens is 2. The number of nitrogens with zero attached hydrogens (tertiary/aromatic N) is 6. The predicted octanol–water partition coefficient (Wildman–Crippen LogP) is 4.07. The second-order valence-electron chi connectivity index (χ2n) is 9.86. The highest BCUT2D eigenvalue weighted by molar-refractivity contribution is 6.35. The highest BCUT2D eigenvalue weighted by atomic mass is 35.5. The van der Waals surface area contributed by atoms with E-state index in [2.05, 4.69) is 16.7 Å². The standard InChI is InChI=1S/C25H31Cl2N7O/c1-15-24-25(34(31-15)16(2)20-6-5-19(26)10-21(20)27)30-23(11-29-24)33-13-18(14-33)17-4-3-8-32(12-17)9-7-22(28)35/h5-6,10-11,16-18H,3-4,7-9,12-14H2,1-2H3,(H2,28,35)/t16-,17-/m1/s1. The summed E-state index contributed by atoms with van der Waals surface area (Å²) in [6.45, 7) is 8.82. The van der Waals surface area contributed by atoms with Crippen molar-refractivity contribution in [3.63, 3.8) is 0 Å². The van der Waals surface area contributed by atoms with Gasteiger partial charge in [-0.1, -0.05) is 29.3 Å². The molecule has 2 N–H and O–H groups in total. The summed E-state index contributed by atoms with van der Waals surface area (Å²) in [7, 11) is 0. The van der Waals surface area contributed by atoms with Gasteiger partial charge in [0.25, 0.3) is 0 Å². The Bertz CT molecular complexity index is 1240. The molecule has 3 aromatic rings. The maximum Gasteiger partial charge on any atom is 0.218 e. The van der Waals surface area contributed by atoms with Crippen LogP contribution >= 0.6 is 23.2 Å². The zero-order valence-electron chi connectivity index (χ0n) is 20.1. The fraction of sp³-hybridized carbons (Fsp3) is 0.520. The topological polar surface area (TPSA) is 93.2 Å². The van der Waals surface area contributed by atoms with E-state index in [1.807, 2.05) is 29.9 Å². The van der Waals surface area contributed by atoms with Crippen LogP contribution in [0.5, 0.6) is 0 Å². The average molecular weight is 516 g/mol. The highest BCUT2D eigenvalue weighted by Gasteiger charge is 2.36. The van der Waals surface area contributed by atoms with Crippen molar-refractivity contribution in [2.45, 2.75) is 39.2 Å². The zero-order chi connectivity index (χ0) is 24.7. The van der Waals surface area contributed by atoms with Gasteiger partial charge < -0.3 is 15.5 Å². The largest absolute Gasteiger partial charge is 0.370 e. The Morgan fingerprint density at radius 1 is 1.23 bits per heavy atom. The first-order valence-corrected chi connectivity index (χ1v) is 13.0. The number of benzene rings is 1. The van der Waals surface area contributed by atoms with Gasteiger partial charge in [-0.05, 0) is 62.8 Å². The number of nitrogens with two attached hydrogens (primary N) is 1. The fourth-order valence-corrected chi connectivity index (χ4v) is 5.95. The second-order valence-corrected chi connectivity index (χ2v) is 10.7. The normalized spacial score (nSPS) is 20.2. The van der Waals surface area contributed by atoms with Crippen molar-refractivity contribution in [1.29, 1.82) is 0 Å². The summed E-state index contributed by atoms with van der Waals surface area (Å²) in [4.78, 5) is 25.5. The highest BCUT2D eigenvalue weighted by Crippen LogP contribution is 2.35. The van der Waals surface area contributed by atoms with E-state index >= 15 is 0 Å². The van der Waals surface area contributed by atoms with E-state index in [9.17, 15) is 4.79 Å². The van der Waals surface area contributed by atoms with Crippen LogP contribution in [0.15, 0.2) is 24.4 Å². The van der Waals surface area contributed by atoms with Crippen LogP contribution in [0.2, 0.25) is 10.0 Å². The lowest BCUT2D eigenvalue weighted by molar-refractivity contribution is -0.118. The van der Waals surface area contributed by atoms with Gasteiger partial charge in [0.15, 0.2) is 5.65 Å². The van der Waals surface area contributed by atoms with Gasteiger partial charge >= 0.3 is 0 Å². The molecule has 0 bridgehead atoms. The number of likely N-dealkylation sites (tertiary alicyclic amines) is 1. The van der Waals surface area contributed by atoms with Crippen LogP contribution < -0.4 is 10.6 Å². The molecule has 2 aliphatic rings. The molecule has 2 saturated heterocycles. The molecule has 5 rings (SSSR count). The predicted molar refractivity (Wildman–Crippen MR) is 139 cm³/mol. The number of hydrogen-bond donors (Lipinski definition) is 1. The van der Waals surface area contributed by atoms with E-state index in [0.717, 1.165) is 61.0 Å².